The van der Waals surface area contributed by atoms with Gasteiger partial charge >= 0.3 is 0 Å². The van der Waals surface area contributed by atoms with E-state index in [1.165, 1.54) is 16.7 Å². The highest BCUT2D eigenvalue weighted by Gasteiger charge is 2.18. The van der Waals surface area contributed by atoms with Gasteiger partial charge in [0.25, 0.3) is 0 Å². The molecule has 2 aromatic carbocycles. The molecule has 1 aromatic heterocycles. The predicted molar refractivity (Wildman–Crippen MR) is 126 cm³/mol. The fourth-order valence-corrected chi connectivity index (χ4v) is 3.89. The molecule has 0 saturated carbocycles. The molecule has 1 aliphatic heterocycles. The Bertz CT molecular complexity index is 1130. The lowest BCUT2D eigenvalue weighted by molar-refractivity contribution is 0.883. The Morgan fingerprint density at radius 3 is 2.55 bits per heavy atom. The average Bonchev–Trinajstić information content (AvgIpc) is 3.46. The van der Waals surface area contributed by atoms with E-state index in [9.17, 15) is 0 Å². The van der Waals surface area contributed by atoms with E-state index in [0.29, 0.717) is 17.8 Å². The van der Waals surface area contributed by atoms with Gasteiger partial charge in [-0.25, -0.2) is 5.43 Å². The van der Waals surface area contributed by atoms with E-state index < -0.39 is 0 Å². The molecular formula is C24H25N7. The van der Waals surface area contributed by atoms with Gasteiger partial charge in [-0.2, -0.15) is 20.1 Å². The summed E-state index contributed by atoms with van der Waals surface area (Å²) in [7, 11) is 0. The van der Waals surface area contributed by atoms with Crippen molar-refractivity contribution in [3.63, 3.8) is 0 Å². The lowest BCUT2D eigenvalue weighted by Crippen LogP contribution is -2.21. The van der Waals surface area contributed by atoms with Crippen LogP contribution in [0.15, 0.2) is 59.7 Å². The van der Waals surface area contributed by atoms with Gasteiger partial charge in [0, 0.05) is 18.8 Å². The molecule has 31 heavy (non-hydrogen) atoms. The summed E-state index contributed by atoms with van der Waals surface area (Å²) in [6.45, 7) is 3.98. The zero-order valence-electron chi connectivity index (χ0n) is 17.5. The first-order valence-electron chi connectivity index (χ1n) is 10.7. The average molecular weight is 412 g/mol. The van der Waals surface area contributed by atoms with Crippen molar-refractivity contribution < 1.29 is 0 Å². The van der Waals surface area contributed by atoms with Crippen molar-refractivity contribution in [3.8, 4) is 0 Å². The number of nitrogens with zero attached hydrogens (tertiary/aromatic N) is 5. The molecule has 0 amide bonds. The summed E-state index contributed by atoms with van der Waals surface area (Å²) >= 11 is 0. The first kappa shape index (κ1) is 19.2. The third kappa shape index (κ3) is 4.40. The Labute approximate surface area is 182 Å². The molecule has 7 heteroatoms. The molecule has 1 saturated heterocycles. The smallest absolute Gasteiger partial charge is 0.250 e. The minimum atomic E-state index is 0.426. The Kier molecular flexibility index (Phi) is 5.31. The Balaban J connectivity index is 1.37. The van der Waals surface area contributed by atoms with E-state index in [4.69, 9.17) is 0 Å². The zero-order chi connectivity index (χ0) is 21.0. The number of allylic oxidation sites excluding steroid dienone is 2. The fraction of sp³-hybridized carbons (Fsp3) is 0.250. The van der Waals surface area contributed by atoms with Gasteiger partial charge < -0.3 is 10.2 Å². The predicted octanol–water partition coefficient (Wildman–Crippen LogP) is 4.56. The number of nitrogens with one attached hydrogen (secondary N) is 2. The molecule has 0 unspecified atom stereocenters. The number of hydrazone groups is 1. The van der Waals surface area contributed by atoms with Crippen LogP contribution in [0.2, 0.25) is 0 Å². The summed E-state index contributed by atoms with van der Waals surface area (Å²) in [5.74, 6) is 1.60. The van der Waals surface area contributed by atoms with Gasteiger partial charge in [-0.05, 0) is 55.0 Å². The Hall–Kier alpha value is -3.74. The minimum absolute atomic E-state index is 0.426. The molecule has 2 N–H and O–H groups in total. The van der Waals surface area contributed by atoms with Crippen molar-refractivity contribution in [2.75, 3.05) is 28.7 Å². The molecular weight excluding hydrogens is 386 g/mol. The Morgan fingerprint density at radius 2 is 1.71 bits per heavy atom. The lowest BCUT2D eigenvalue weighted by Gasteiger charge is -2.16. The van der Waals surface area contributed by atoms with Crippen LogP contribution in [0.1, 0.15) is 29.5 Å². The third-order valence-electron chi connectivity index (χ3n) is 5.56. The number of aryl methyl sites for hydroxylation is 1. The fourth-order valence-electron chi connectivity index (χ4n) is 3.89. The van der Waals surface area contributed by atoms with Crippen molar-refractivity contribution >= 4 is 35.3 Å². The maximum atomic E-state index is 4.64. The van der Waals surface area contributed by atoms with E-state index in [2.05, 4.69) is 85.1 Å². The monoisotopic (exact) mass is 411 g/mol. The highest BCUT2D eigenvalue weighted by molar-refractivity contribution is 6.11. The van der Waals surface area contributed by atoms with E-state index in [0.717, 1.165) is 43.6 Å². The molecule has 0 spiro atoms. The molecule has 0 radical (unpaired) electrons. The van der Waals surface area contributed by atoms with Gasteiger partial charge in [0.1, 0.15) is 0 Å². The SMILES string of the molecule is Cc1ccc(Nc2nc(N/N=C/C3=CCc4ccccc43)nc(N3CCCC3)n2)cc1. The molecule has 3 aromatic rings. The topological polar surface area (TPSA) is 78.3 Å². The van der Waals surface area contributed by atoms with Crippen molar-refractivity contribution in [1.82, 2.24) is 15.0 Å². The second-order valence-corrected chi connectivity index (χ2v) is 7.86. The molecule has 0 bridgehead atoms. The summed E-state index contributed by atoms with van der Waals surface area (Å²) in [5.41, 5.74) is 8.80. The first-order chi connectivity index (χ1) is 15.2. The highest BCUT2D eigenvalue weighted by atomic mass is 15.4. The summed E-state index contributed by atoms with van der Waals surface area (Å²) in [4.78, 5) is 16.0. The third-order valence-corrected chi connectivity index (χ3v) is 5.56. The highest BCUT2D eigenvalue weighted by Crippen LogP contribution is 2.26. The number of aromatic nitrogens is 3. The van der Waals surface area contributed by atoms with Crippen LogP contribution in [0, 0.1) is 6.92 Å². The maximum Gasteiger partial charge on any atom is 0.250 e. The summed E-state index contributed by atoms with van der Waals surface area (Å²) in [5, 5.41) is 7.70. The van der Waals surface area contributed by atoms with Crippen molar-refractivity contribution in [3.05, 3.63) is 71.3 Å². The van der Waals surface area contributed by atoms with E-state index in [1.54, 1.807) is 0 Å². The van der Waals surface area contributed by atoms with Crippen LogP contribution in [0.25, 0.3) is 5.57 Å². The van der Waals surface area contributed by atoms with Crippen LogP contribution in [0.3, 0.4) is 0 Å². The number of benzene rings is 2. The van der Waals surface area contributed by atoms with Crippen LogP contribution in [-0.2, 0) is 6.42 Å². The van der Waals surface area contributed by atoms with E-state index in [-0.39, 0.29) is 0 Å². The quantitative estimate of drug-likeness (QED) is 0.457. The number of hydrogen-bond donors (Lipinski definition) is 2. The molecule has 7 nitrogen and oxygen atoms in total. The van der Waals surface area contributed by atoms with Gasteiger partial charge in [-0.15, -0.1) is 0 Å². The summed E-state index contributed by atoms with van der Waals surface area (Å²) in [6.07, 6.45) is 7.26. The second-order valence-electron chi connectivity index (χ2n) is 7.86. The van der Waals surface area contributed by atoms with E-state index >= 15 is 0 Å². The van der Waals surface area contributed by atoms with Gasteiger partial charge in [0.05, 0.1) is 6.21 Å². The number of anilines is 4. The second kappa shape index (κ2) is 8.55. The van der Waals surface area contributed by atoms with Gasteiger partial charge in [0.2, 0.25) is 17.8 Å². The molecule has 156 valence electrons. The summed E-state index contributed by atoms with van der Waals surface area (Å²) in [6, 6.07) is 16.5. The number of fused-ring (bicyclic) bond motifs is 1. The Morgan fingerprint density at radius 1 is 0.935 bits per heavy atom. The van der Waals surface area contributed by atoms with Crippen LogP contribution >= 0.6 is 0 Å². The van der Waals surface area contributed by atoms with Crippen molar-refractivity contribution in [1.29, 1.82) is 0 Å². The van der Waals surface area contributed by atoms with Crippen LogP contribution in [0.4, 0.5) is 23.5 Å². The van der Waals surface area contributed by atoms with Crippen LogP contribution < -0.4 is 15.6 Å². The molecule has 5 rings (SSSR count). The largest absolute Gasteiger partial charge is 0.341 e. The molecule has 0 atom stereocenters. The number of hydrogen-bond acceptors (Lipinski definition) is 7. The molecule has 1 aliphatic carbocycles. The molecule has 2 aliphatic rings. The lowest BCUT2D eigenvalue weighted by atomic mass is 10.1. The van der Waals surface area contributed by atoms with Crippen LogP contribution in [0.5, 0.6) is 0 Å². The maximum absolute atomic E-state index is 4.64. The molecule has 1 fully saturated rings. The normalized spacial score (nSPS) is 15.3. The summed E-state index contributed by atoms with van der Waals surface area (Å²) < 4.78 is 0. The van der Waals surface area contributed by atoms with Gasteiger partial charge in [0.15, 0.2) is 0 Å². The minimum Gasteiger partial charge on any atom is -0.341 e. The van der Waals surface area contributed by atoms with Crippen LogP contribution in [-0.4, -0.2) is 34.3 Å². The van der Waals surface area contributed by atoms with Crippen molar-refractivity contribution in [2.45, 2.75) is 26.2 Å². The zero-order valence-corrected chi connectivity index (χ0v) is 17.5. The number of rotatable bonds is 6. The van der Waals surface area contributed by atoms with Crippen molar-refractivity contribution in [2.24, 2.45) is 5.10 Å². The van der Waals surface area contributed by atoms with Gasteiger partial charge in [-0.3, -0.25) is 0 Å². The first-order valence-corrected chi connectivity index (χ1v) is 10.7. The standard InChI is InChI=1S/C24H25N7/c1-17-8-12-20(13-9-17)26-22-27-23(29-24(28-22)31-14-4-5-15-31)30-25-16-19-11-10-18-6-2-3-7-21(18)19/h2-3,6-9,11-13,16H,4-5,10,14-15H2,1H3,(H2,26,27,28,29,30)/b25-16+. The molecule has 2 heterocycles. The van der Waals surface area contributed by atoms with Gasteiger partial charge in [-0.1, -0.05) is 48.0 Å². The van der Waals surface area contributed by atoms with E-state index in [1.807, 2.05) is 18.3 Å².